The van der Waals surface area contributed by atoms with E-state index in [0.29, 0.717) is 23.3 Å². The number of aromatic nitrogens is 6. The Hall–Kier alpha value is -6.57. The zero-order chi connectivity index (χ0) is 33.0. The van der Waals surface area contributed by atoms with Crippen molar-refractivity contribution in [2.75, 3.05) is 0 Å². The van der Waals surface area contributed by atoms with Crippen molar-refractivity contribution in [1.29, 1.82) is 0 Å². The summed E-state index contributed by atoms with van der Waals surface area (Å²) in [5, 5.41) is 4.47. The van der Waals surface area contributed by atoms with Gasteiger partial charge >= 0.3 is 0 Å². The number of nitrogens with zero attached hydrogens (tertiary/aromatic N) is 6. The summed E-state index contributed by atoms with van der Waals surface area (Å²) in [4.78, 5) is 26.4. The predicted molar refractivity (Wildman–Crippen MR) is 204 cm³/mol. The molecular weight excluding hydrogens is 633 g/mol. The van der Waals surface area contributed by atoms with Gasteiger partial charge in [0.1, 0.15) is 4.83 Å². The van der Waals surface area contributed by atoms with E-state index >= 15 is 0 Å². The van der Waals surface area contributed by atoms with Crippen LogP contribution in [0.3, 0.4) is 0 Å². The van der Waals surface area contributed by atoms with E-state index in [1.807, 2.05) is 54.6 Å². The highest BCUT2D eigenvalue weighted by Gasteiger charge is 2.21. The first-order chi connectivity index (χ1) is 24.8. The Bertz CT molecular complexity index is 2860. The molecular formula is C43H26N6S. The Morgan fingerprint density at radius 1 is 0.400 bits per heavy atom. The molecule has 6 aromatic carbocycles. The number of thiophene rings is 1. The van der Waals surface area contributed by atoms with Crippen LogP contribution in [-0.2, 0) is 0 Å². The van der Waals surface area contributed by atoms with Crippen LogP contribution in [0.4, 0.5) is 0 Å². The molecule has 0 fully saturated rings. The molecule has 234 valence electrons. The zero-order valence-electron chi connectivity index (χ0n) is 26.6. The Balaban J connectivity index is 1.21. The van der Waals surface area contributed by atoms with E-state index in [9.17, 15) is 0 Å². The molecule has 0 bridgehead atoms. The van der Waals surface area contributed by atoms with Crippen molar-refractivity contribution in [3.63, 3.8) is 0 Å². The first-order valence-electron chi connectivity index (χ1n) is 16.4. The maximum atomic E-state index is 5.20. The van der Waals surface area contributed by atoms with Gasteiger partial charge in [0.2, 0.25) is 5.82 Å². The summed E-state index contributed by atoms with van der Waals surface area (Å²) < 4.78 is 3.47. The van der Waals surface area contributed by atoms with Crippen LogP contribution < -0.4 is 0 Å². The first kappa shape index (κ1) is 28.4. The third-order valence-electron chi connectivity index (χ3n) is 9.10. The Morgan fingerprint density at radius 2 is 0.980 bits per heavy atom. The maximum Gasteiger partial charge on any atom is 0.201 e. The van der Waals surface area contributed by atoms with E-state index in [1.54, 1.807) is 11.3 Å². The van der Waals surface area contributed by atoms with E-state index in [0.717, 1.165) is 70.2 Å². The summed E-state index contributed by atoms with van der Waals surface area (Å²) in [6.45, 7) is 0. The van der Waals surface area contributed by atoms with Gasteiger partial charge in [-0.25, -0.2) is 24.9 Å². The lowest BCUT2D eigenvalue weighted by Crippen LogP contribution is -2.03. The van der Waals surface area contributed by atoms with E-state index in [1.165, 1.54) is 0 Å². The lowest BCUT2D eigenvalue weighted by Gasteiger charge is -2.10. The zero-order valence-corrected chi connectivity index (χ0v) is 27.4. The average Bonchev–Trinajstić information content (AvgIpc) is 3.74. The van der Waals surface area contributed by atoms with E-state index in [-0.39, 0.29) is 0 Å². The molecule has 0 saturated heterocycles. The SMILES string of the molecule is c1ccc(-c2nc(-c3ccc4c(c3)c3ccccc3n4-c3ccccc3)nc(-c3nc(-c4ccccc4)c4c(n3)sc3ccccc34)n2)cc1. The molecule has 50 heavy (non-hydrogen) atoms. The second kappa shape index (κ2) is 11.5. The van der Waals surface area contributed by atoms with Gasteiger partial charge in [0.15, 0.2) is 17.5 Å². The normalized spacial score (nSPS) is 11.6. The second-order valence-corrected chi connectivity index (χ2v) is 13.2. The number of fused-ring (bicyclic) bond motifs is 6. The smallest absolute Gasteiger partial charge is 0.201 e. The monoisotopic (exact) mass is 658 g/mol. The van der Waals surface area contributed by atoms with Crippen LogP contribution >= 0.6 is 11.3 Å². The highest BCUT2D eigenvalue weighted by Crippen LogP contribution is 2.40. The lowest BCUT2D eigenvalue weighted by atomic mass is 10.1. The summed E-state index contributed by atoms with van der Waals surface area (Å²) >= 11 is 1.66. The summed E-state index contributed by atoms with van der Waals surface area (Å²) in [5.41, 5.74) is 7.04. The summed E-state index contributed by atoms with van der Waals surface area (Å²) in [5.74, 6) is 2.02. The van der Waals surface area contributed by atoms with Crippen molar-refractivity contribution >= 4 is 53.4 Å². The minimum atomic E-state index is 0.428. The van der Waals surface area contributed by atoms with Crippen molar-refractivity contribution in [3.05, 3.63) is 158 Å². The van der Waals surface area contributed by atoms with Gasteiger partial charge in [-0.2, -0.15) is 0 Å². The molecule has 0 aliphatic rings. The van der Waals surface area contributed by atoms with Crippen molar-refractivity contribution in [1.82, 2.24) is 29.5 Å². The molecule has 0 aliphatic heterocycles. The fourth-order valence-electron chi connectivity index (χ4n) is 6.82. The van der Waals surface area contributed by atoms with Crippen molar-refractivity contribution in [3.8, 4) is 51.4 Å². The standard InChI is InChI=1S/C43H26N6S/c1-4-14-27(15-5-1)38-37-32-21-11-13-23-36(32)50-43(37)48-41(44-38)42-46-39(28-16-6-2-7-17-28)45-40(47-42)29-24-25-35-33(26-29)31-20-10-12-22-34(31)49(35)30-18-8-3-9-19-30/h1-26H. The Morgan fingerprint density at radius 3 is 1.76 bits per heavy atom. The summed E-state index contributed by atoms with van der Waals surface area (Å²) in [7, 11) is 0. The number of rotatable bonds is 5. The molecule has 0 N–H and O–H groups in total. The molecule has 7 heteroatoms. The van der Waals surface area contributed by atoms with Gasteiger partial charge in [0.25, 0.3) is 0 Å². The van der Waals surface area contributed by atoms with Gasteiger partial charge in [0, 0.05) is 48.6 Å². The first-order valence-corrected chi connectivity index (χ1v) is 17.3. The van der Waals surface area contributed by atoms with Crippen molar-refractivity contribution in [2.45, 2.75) is 0 Å². The quantitative estimate of drug-likeness (QED) is 0.184. The van der Waals surface area contributed by atoms with Crippen molar-refractivity contribution in [2.24, 2.45) is 0 Å². The maximum absolute atomic E-state index is 5.20. The van der Waals surface area contributed by atoms with Crippen molar-refractivity contribution < 1.29 is 0 Å². The van der Waals surface area contributed by atoms with Crippen LogP contribution in [0.15, 0.2) is 158 Å². The molecule has 0 atom stereocenters. The minimum absolute atomic E-state index is 0.428. The fraction of sp³-hybridized carbons (Fsp3) is 0. The number of hydrogen-bond acceptors (Lipinski definition) is 6. The number of hydrogen-bond donors (Lipinski definition) is 0. The summed E-state index contributed by atoms with van der Waals surface area (Å²) in [6, 6.07) is 54.1. The summed E-state index contributed by atoms with van der Waals surface area (Å²) in [6.07, 6.45) is 0. The predicted octanol–water partition coefficient (Wildman–Crippen LogP) is 10.8. The average molecular weight is 659 g/mol. The van der Waals surface area contributed by atoms with Gasteiger partial charge in [-0.15, -0.1) is 11.3 Å². The number of para-hydroxylation sites is 2. The molecule has 0 aliphatic carbocycles. The van der Waals surface area contributed by atoms with Crippen LogP contribution in [-0.4, -0.2) is 29.5 Å². The van der Waals surface area contributed by atoms with Crippen LogP contribution in [0.5, 0.6) is 0 Å². The van der Waals surface area contributed by atoms with E-state index in [2.05, 4.69) is 108 Å². The highest BCUT2D eigenvalue weighted by molar-refractivity contribution is 7.25. The molecule has 0 amide bonds. The van der Waals surface area contributed by atoms with Gasteiger partial charge in [-0.3, -0.25) is 0 Å². The van der Waals surface area contributed by atoms with Crippen LogP contribution in [0, 0.1) is 0 Å². The third-order valence-corrected chi connectivity index (χ3v) is 10.2. The fourth-order valence-corrected chi connectivity index (χ4v) is 7.89. The molecule has 10 rings (SSSR count). The van der Waals surface area contributed by atoms with Crippen LogP contribution in [0.25, 0.3) is 93.5 Å². The van der Waals surface area contributed by atoms with Crippen LogP contribution in [0.2, 0.25) is 0 Å². The topological polar surface area (TPSA) is 69.4 Å². The second-order valence-electron chi connectivity index (χ2n) is 12.1. The molecule has 0 saturated carbocycles. The third kappa shape index (κ3) is 4.67. The number of benzene rings is 6. The van der Waals surface area contributed by atoms with Gasteiger partial charge < -0.3 is 4.57 Å². The molecule has 4 aromatic heterocycles. The Labute approximate surface area is 291 Å². The minimum Gasteiger partial charge on any atom is -0.309 e. The van der Waals surface area contributed by atoms with Gasteiger partial charge in [-0.05, 0) is 42.5 Å². The lowest BCUT2D eigenvalue weighted by molar-refractivity contribution is 1.04. The van der Waals surface area contributed by atoms with Gasteiger partial charge in [-0.1, -0.05) is 115 Å². The molecule has 0 radical (unpaired) electrons. The van der Waals surface area contributed by atoms with Gasteiger partial charge in [0.05, 0.1) is 16.7 Å². The molecule has 10 aromatic rings. The Kier molecular flexibility index (Phi) is 6.57. The van der Waals surface area contributed by atoms with E-state index in [4.69, 9.17) is 24.9 Å². The molecule has 6 nitrogen and oxygen atoms in total. The van der Waals surface area contributed by atoms with E-state index < -0.39 is 0 Å². The highest BCUT2D eigenvalue weighted by atomic mass is 32.1. The molecule has 0 spiro atoms. The largest absolute Gasteiger partial charge is 0.309 e. The molecule has 0 unspecified atom stereocenters. The van der Waals surface area contributed by atoms with Crippen LogP contribution in [0.1, 0.15) is 0 Å². The molecule has 4 heterocycles.